The fourth-order valence-corrected chi connectivity index (χ4v) is 2.15. The summed E-state index contributed by atoms with van der Waals surface area (Å²) in [4.78, 5) is 23.9. The van der Waals surface area contributed by atoms with Gasteiger partial charge in [-0.15, -0.1) is 0 Å². The van der Waals surface area contributed by atoms with Crippen LogP contribution >= 0.6 is 11.6 Å². The summed E-state index contributed by atoms with van der Waals surface area (Å²) in [7, 11) is 1.50. The number of halogens is 1. The van der Waals surface area contributed by atoms with E-state index in [0.717, 1.165) is 0 Å². The highest BCUT2D eigenvalue weighted by Gasteiger charge is 2.12. The highest BCUT2D eigenvalue weighted by Crippen LogP contribution is 2.26. The van der Waals surface area contributed by atoms with Crippen molar-refractivity contribution in [3.05, 3.63) is 53.1 Å². The lowest BCUT2D eigenvalue weighted by Gasteiger charge is -2.12. The average molecular weight is 333 g/mol. The molecule has 6 heteroatoms. The molecule has 2 aromatic rings. The van der Waals surface area contributed by atoms with E-state index in [1.165, 1.54) is 7.11 Å². The largest absolute Gasteiger partial charge is 0.495 e. The van der Waals surface area contributed by atoms with E-state index >= 15 is 0 Å². The predicted molar refractivity (Wildman–Crippen MR) is 91.3 cm³/mol. The molecule has 2 aromatic carbocycles. The van der Waals surface area contributed by atoms with E-state index < -0.39 is 0 Å². The van der Waals surface area contributed by atoms with Gasteiger partial charge >= 0.3 is 0 Å². The molecule has 0 saturated carbocycles. The van der Waals surface area contributed by atoms with Gasteiger partial charge in [0.25, 0.3) is 5.91 Å². The smallest absolute Gasteiger partial charge is 0.255 e. The molecular weight excluding hydrogens is 316 g/mol. The second-order valence-electron chi connectivity index (χ2n) is 4.78. The van der Waals surface area contributed by atoms with E-state index in [2.05, 4.69) is 10.6 Å². The first-order valence-electron chi connectivity index (χ1n) is 7.08. The van der Waals surface area contributed by atoms with Crippen LogP contribution in [0.5, 0.6) is 5.75 Å². The summed E-state index contributed by atoms with van der Waals surface area (Å²) in [6.07, 6.45) is 0.335. The molecule has 5 nitrogen and oxygen atoms in total. The number of anilines is 2. The maximum Gasteiger partial charge on any atom is 0.255 e. The zero-order valence-electron chi connectivity index (χ0n) is 12.9. The number of ether oxygens (including phenoxy) is 1. The molecule has 0 aromatic heterocycles. The maximum absolute atomic E-state index is 12.3. The zero-order chi connectivity index (χ0) is 16.8. The molecule has 120 valence electrons. The van der Waals surface area contributed by atoms with E-state index in [1.807, 2.05) is 0 Å². The van der Waals surface area contributed by atoms with Crippen LogP contribution in [-0.2, 0) is 4.79 Å². The Morgan fingerprint density at radius 1 is 1.13 bits per heavy atom. The van der Waals surface area contributed by atoms with E-state index in [1.54, 1.807) is 49.4 Å². The van der Waals surface area contributed by atoms with Crippen molar-refractivity contribution in [2.75, 3.05) is 17.7 Å². The lowest BCUT2D eigenvalue weighted by atomic mass is 10.1. The number of hydrogen-bond donors (Lipinski definition) is 2. The Morgan fingerprint density at radius 2 is 1.91 bits per heavy atom. The quantitative estimate of drug-likeness (QED) is 0.871. The Labute approximate surface area is 139 Å². The monoisotopic (exact) mass is 332 g/mol. The summed E-state index contributed by atoms with van der Waals surface area (Å²) < 4.78 is 5.20. The van der Waals surface area contributed by atoms with Crippen molar-refractivity contribution in [2.45, 2.75) is 13.3 Å². The van der Waals surface area contributed by atoms with Gasteiger partial charge in [0.05, 0.1) is 12.8 Å². The molecule has 0 spiro atoms. The molecule has 0 atom stereocenters. The molecule has 0 aliphatic rings. The molecule has 23 heavy (non-hydrogen) atoms. The van der Waals surface area contributed by atoms with Gasteiger partial charge in [0.1, 0.15) is 5.75 Å². The van der Waals surface area contributed by atoms with Crippen molar-refractivity contribution < 1.29 is 14.3 Å². The fourth-order valence-electron chi connectivity index (χ4n) is 1.95. The summed E-state index contributed by atoms with van der Waals surface area (Å²) in [5.41, 5.74) is 1.45. The zero-order valence-corrected chi connectivity index (χ0v) is 13.6. The van der Waals surface area contributed by atoms with Gasteiger partial charge in [0, 0.05) is 22.7 Å². The van der Waals surface area contributed by atoms with Gasteiger partial charge in [0.15, 0.2) is 0 Å². The SMILES string of the molecule is CCC(=O)Nc1cc(C(=O)Nc2cccc(Cl)c2)ccc1OC. The number of amides is 2. The molecule has 2 N–H and O–H groups in total. The summed E-state index contributed by atoms with van der Waals surface area (Å²) in [5, 5.41) is 6.00. The summed E-state index contributed by atoms with van der Waals surface area (Å²) >= 11 is 5.90. The van der Waals surface area contributed by atoms with Gasteiger partial charge in [-0.2, -0.15) is 0 Å². The van der Waals surface area contributed by atoms with Crippen LogP contribution in [0, 0.1) is 0 Å². The van der Waals surface area contributed by atoms with Crippen LogP contribution in [0.3, 0.4) is 0 Å². The highest BCUT2D eigenvalue weighted by atomic mass is 35.5. The standard InChI is InChI=1S/C17H17ClN2O3/c1-3-16(21)20-14-9-11(7-8-15(14)23-2)17(22)19-13-6-4-5-12(18)10-13/h4-10H,3H2,1-2H3,(H,19,22)(H,20,21). The number of carbonyl (C=O) groups is 2. The first-order chi connectivity index (χ1) is 11.0. The van der Waals surface area contributed by atoms with Crippen LogP contribution in [0.4, 0.5) is 11.4 Å². The van der Waals surface area contributed by atoms with Crippen molar-refractivity contribution in [3.63, 3.8) is 0 Å². The minimum atomic E-state index is -0.304. The van der Waals surface area contributed by atoms with Crippen molar-refractivity contribution in [2.24, 2.45) is 0 Å². The maximum atomic E-state index is 12.3. The van der Waals surface area contributed by atoms with Crippen molar-refractivity contribution >= 4 is 34.8 Å². The minimum Gasteiger partial charge on any atom is -0.495 e. The molecule has 0 fully saturated rings. The minimum absolute atomic E-state index is 0.157. The van der Waals surface area contributed by atoms with E-state index in [0.29, 0.717) is 34.1 Å². The lowest BCUT2D eigenvalue weighted by molar-refractivity contribution is -0.115. The van der Waals surface area contributed by atoms with Crippen LogP contribution < -0.4 is 15.4 Å². The number of nitrogens with one attached hydrogen (secondary N) is 2. The lowest BCUT2D eigenvalue weighted by Crippen LogP contribution is -2.14. The average Bonchev–Trinajstić information content (AvgIpc) is 2.54. The van der Waals surface area contributed by atoms with Gasteiger partial charge < -0.3 is 15.4 Å². The molecule has 2 rings (SSSR count). The first kappa shape index (κ1) is 16.8. The molecule has 0 bridgehead atoms. The molecule has 0 radical (unpaired) electrons. The first-order valence-corrected chi connectivity index (χ1v) is 7.46. The van der Waals surface area contributed by atoms with Crippen molar-refractivity contribution in [1.29, 1.82) is 0 Å². The topological polar surface area (TPSA) is 67.4 Å². The number of hydrogen-bond acceptors (Lipinski definition) is 3. The molecule has 0 unspecified atom stereocenters. The van der Waals surface area contributed by atoms with Gasteiger partial charge in [-0.25, -0.2) is 0 Å². The molecular formula is C17H17ClN2O3. The molecule has 0 aliphatic heterocycles. The number of methoxy groups -OCH3 is 1. The summed E-state index contributed by atoms with van der Waals surface area (Å²) in [5.74, 6) is 0.0312. The number of rotatable bonds is 5. The summed E-state index contributed by atoms with van der Waals surface area (Å²) in [6, 6.07) is 11.7. The number of benzene rings is 2. The second-order valence-corrected chi connectivity index (χ2v) is 5.22. The van der Waals surface area contributed by atoms with Crippen LogP contribution in [0.25, 0.3) is 0 Å². The van der Waals surface area contributed by atoms with Crippen LogP contribution in [0.2, 0.25) is 5.02 Å². The van der Waals surface area contributed by atoms with E-state index in [9.17, 15) is 9.59 Å². The Hall–Kier alpha value is -2.53. The predicted octanol–water partition coefficient (Wildman–Crippen LogP) is 3.95. The van der Waals surface area contributed by atoms with Crippen molar-refractivity contribution in [3.8, 4) is 5.75 Å². The number of carbonyl (C=O) groups excluding carboxylic acids is 2. The Morgan fingerprint density at radius 3 is 2.57 bits per heavy atom. The third-order valence-corrected chi connectivity index (χ3v) is 3.37. The van der Waals surface area contributed by atoms with Crippen LogP contribution in [0.15, 0.2) is 42.5 Å². The second kappa shape index (κ2) is 7.65. The summed E-state index contributed by atoms with van der Waals surface area (Å²) in [6.45, 7) is 1.75. The van der Waals surface area contributed by atoms with Gasteiger partial charge in [-0.05, 0) is 36.4 Å². The third-order valence-electron chi connectivity index (χ3n) is 3.14. The molecule has 2 amide bonds. The highest BCUT2D eigenvalue weighted by molar-refractivity contribution is 6.31. The molecule has 0 aliphatic carbocycles. The molecule has 0 saturated heterocycles. The Kier molecular flexibility index (Phi) is 5.60. The third kappa shape index (κ3) is 4.47. The van der Waals surface area contributed by atoms with Gasteiger partial charge in [-0.3, -0.25) is 9.59 Å². The van der Waals surface area contributed by atoms with Gasteiger partial charge in [-0.1, -0.05) is 24.6 Å². The van der Waals surface area contributed by atoms with E-state index in [4.69, 9.17) is 16.3 Å². The van der Waals surface area contributed by atoms with Crippen LogP contribution in [0.1, 0.15) is 23.7 Å². The Bertz CT molecular complexity index is 732. The molecule has 0 heterocycles. The van der Waals surface area contributed by atoms with E-state index in [-0.39, 0.29) is 11.8 Å². The van der Waals surface area contributed by atoms with Crippen LogP contribution in [-0.4, -0.2) is 18.9 Å². The normalized spacial score (nSPS) is 10.0. The fraction of sp³-hybridized carbons (Fsp3) is 0.176. The van der Waals surface area contributed by atoms with Crippen molar-refractivity contribution in [1.82, 2.24) is 0 Å². The van der Waals surface area contributed by atoms with Gasteiger partial charge in [0.2, 0.25) is 5.91 Å². The Balaban J connectivity index is 2.23.